The van der Waals surface area contributed by atoms with Crippen molar-refractivity contribution in [3.63, 3.8) is 0 Å². The fourth-order valence-electron chi connectivity index (χ4n) is 3.28. The number of aliphatic hydroxyl groups excluding tert-OH is 1. The van der Waals surface area contributed by atoms with Gasteiger partial charge >= 0.3 is 0 Å². The van der Waals surface area contributed by atoms with E-state index in [-0.39, 0.29) is 6.10 Å². The molecule has 0 spiro atoms. The second kappa shape index (κ2) is 9.10. The summed E-state index contributed by atoms with van der Waals surface area (Å²) >= 11 is 3.35. The lowest BCUT2D eigenvalue weighted by molar-refractivity contribution is 0.0993. The van der Waals surface area contributed by atoms with Gasteiger partial charge in [-0.15, -0.1) is 0 Å². The molecule has 1 fully saturated rings. The zero-order chi connectivity index (χ0) is 19.2. The van der Waals surface area contributed by atoms with E-state index in [1.165, 1.54) is 19.3 Å². The predicted octanol–water partition coefficient (Wildman–Crippen LogP) is 3.49. The standard InChI is InChI=1S/C14H11BrN4O.C6H12O/c15-13-7-9(3-5-17-13)6-10-8-12(14(16)20)19-11(10)2-1-4-18-19;7-6-4-2-1-3-5-6/h1-5,7-8H,6H2,(H2,16,20);6-7H,1-5H2. The Balaban J connectivity index is 0.000000253. The number of carbonyl (C=O) groups is 1. The predicted molar refractivity (Wildman–Crippen MR) is 108 cm³/mol. The summed E-state index contributed by atoms with van der Waals surface area (Å²) in [5.74, 6) is -0.485. The van der Waals surface area contributed by atoms with Crippen LogP contribution in [0.25, 0.3) is 5.52 Å². The van der Waals surface area contributed by atoms with E-state index in [1.54, 1.807) is 23.0 Å². The molecule has 0 bridgehead atoms. The lowest BCUT2D eigenvalue weighted by Crippen LogP contribution is -2.14. The number of aromatic nitrogens is 3. The van der Waals surface area contributed by atoms with Crippen LogP contribution in [0.3, 0.4) is 0 Å². The minimum atomic E-state index is -0.485. The first-order valence-corrected chi connectivity index (χ1v) is 9.88. The van der Waals surface area contributed by atoms with E-state index in [9.17, 15) is 4.79 Å². The minimum Gasteiger partial charge on any atom is -0.393 e. The molecule has 1 aliphatic rings. The molecule has 0 radical (unpaired) electrons. The van der Waals surface area contributed by atoms with Gasteiger partial charge in [0.15, 0.2) is 0 Å². The average Bonchev–Trinajstić information content (AvgIpc) is 3.02. The van der Waals surface area contributed by atoms with Gasteiger partial charge in [0.05, 0.1) is 11.6 Å². The first kappa shape index (κ1) is 19.5. The molecule has 1 amide bonds. The van der Waals surface area contributed by atoms with Crippen LogP contribution in [0.5, 0.6) is 0 Å². The van der Waals surface area contributed by atoms with E-state index in [0.717, 1.165) is 34.1 Å². The number of rotatable bonds is 3. The topological polar surface area (TPSA) is 93.5 Å². The number of amides is 1. The Bertz CT molecular complexity index is 919. The summed E-state index contributed by atoms with van der Waals surface area (Å²) in [6.07, 6.45) is 9.98. The van der Waals surface area contributed by atoms with Crippen LogP contribution in [0.4, 0.5) is 0 Å². The Kier molecular flexibility index (Phi) is 6.58. The van der Waals surface area contributed by atoms with Crippen LogP contribution in [0.2, 0.25) is 0 Å². The third kappa shape index (κ3) is 5.14. The van der Waals surface area contributed by atoms with Crippen molar-refractivity contribution in [3.8, 4) is 0 Å². The highest BCUT2D eigenvalue weighted by molar-refractivity contribution is 9.10. The van der Waals surface area contributed by atoms with Gasteiger partial charge in [0.1, 0.15) is 10.3 Å². The molecular weight excluding hydrogens is 408 g/mol. The summed E-state index contributed by atoms with van der Waals surface area (Å²) in [5.41, 5.74) is 8.77. The number of pyridine rings is 1. The Hall–Kier alpha value is -2.25. The van der Waals surface area contributed by atoms with E-state index >= 15 is 0 Å². The third-order valence-electron chi connectivity index (χ3n) is 4.63. The molecule has 0 unspecified atom stereocenters. The van der Waals surface area contributed by atoms with Crippen molar-refractivity contribution >= 4 is 27.4 Å². The summed E-state index contributed by atoms with van der Waals surface area (Å²) in [4.78, 5) is 15.6. The van der Waals surface area contributed by atoms with Gasteiger partial charge in [-0.05, 0) is 76.7 Å². The molecule has 6 nitrogen and oxygen atoms in total. The van der Waals surface area contributed by atoms with E-state index in [0.29, 0.717) is 12.1 Å². The smallest absolute Gasteiger partial charge is 0.267 e. The minimum absolute atomic E-state index is 0.0359. The van der Waals surface area contributed by atoms with Crippen molar-refractivity contribution < 1.29 is 9.90 Å². The van der Waals surface area contributed by atoms with Crippen molar-refractivity contribution in [3.05, 3.63) is 64.1 Å². The van der Waals surface area contributed by atoms with Crippen molar-refractivity contribution in [2.75, 3.05) is 0 Å². The maximum absolute atomic E-state index is 11.5. The number of nitrogens with zero attached hydrogens (tertiary/aromatic N) is 3. The molecule has 0 aliphatic heterocycles. The van der Waals surface area contributed by atoms with Crippen molar-refractivity contribution in [2.24, 2.45) is 5.73 Å². The summed E-state index contributed by atoms with van der Waals surface area (Å²) in [5, 5.41) is 13.1. The van der Waals surface area contributed by atoms with Crippen LogP contribution in [-0.4, -0.2) is 31.7 Å². The largest absolute Gasteiger partial charge is 0.393 e. The lowest BCUT2D eigenvalue weighted by atomic mass is 9.98. The van der Waals surface area contributed by atoms with Gasteiger partial charge in [-0.25, -0.2) is 9.50 Å². The fourth-order valence-corrected chi connectivity index (χ4v) is 3.69. The van der Waals surface area contributed by atoms with Crippen molar-refractivity contribution in [1.29, 1.82) is 0 Å². The van der Waals surface area contributed by atoms with Gasteiger partial charge in [-0.3, -0.25) is 4.79 Å². The zero-order valence-electron chi connectivity index (χ0n) is 15.0. The first-order chi connectivity index (χ1) is 13.0. The van der Waals surface area contributed by atoms with Gasteiger partial charge in [0.25, 0.3) is 5.91 Å². The van der Waals surface area contributed by atoms with E-state index in [1.807, 2.05) is 24.3 Å². The molecule has 27 heavy (non-hydrogen) atoms. The van der Waals surface area contributed by atoms with Gasteiger partial charge in [0, 0.05) is 12.4 Å². The molecule has 3 aromatic heterocycles. The van der Waals surface area contributed by atoms with E-state index in [2.05, 4.69) is 26.0 Å². The molecule has 3 N–H and O–H groups in total. The number of carbonyl (C=O) groups excluding carboxylic acids is 1. The zero-order valence-corrected chi connectivity index (χ0v) is 16.6. The Labute approximate surface area is 166 Å². The monoisotopic (exact) mass is 430 g/mol. The number of hydrogen-bond donors (Lipinski definition) is 2. The van der Waals surface area contributed by atoms with E-state index < -0.39 is 5.91 Å². The number of halogens is 1. The highest BCUT2D eigenvalue weighted by Gasteiger charge is 2.14. The SMILES string of the molecule is NC(=O)c1cc(Cc2ccnc(Br)c2)c2cccnn12.OC1CCCCC1. The van der Waals surface area contributed by atoms with Crippen LogP contribution in [-0.2, 0) is 6.42 Å². The van der Waals surface area contributed by atoms with Gasteiger partial charge in [-0.1, -0.05) is 19.3 Å². The highest BCUT2D eigenvalue weighted by atomic mass is 79.9. The normalized spacial score (nSPS) is 14.6. The van der Waals surface area contributed by atoms with Gasteiger partial charge < -0.3 is 10.8 Å². The summed E-state index contributed by atoms with van der Waals surface area (Å²) < 4.78 is 2.36. The van der Waals surface area contributed by atoms with Crippen LogP contribution in [0.1, 0.15) is 53.7 Å². The molecule has 4 rings (SSSR count). The fraction of sp³-hybridized carbons (Fsp3) is 0.350. The van der Waals surface area contributed by atoms with Gasteiger partial charge in [0.2, 0.25) is 0 Å². The number of primary amides is 1. The number of nitrogens with two attached hydrogens (primary N) is 1. The molecule has 3 heterocycles. The quantitative estimate of drug-likeness (QED) is 0.621. The van der Waals surface area contributed by atoms with Crippen LogP contribution >= 0.6 is 15.9 Å². The Morgan fingerprint density at radius 3 is 2.63 bits per heavy atom. The van der Waals surface area contributed by atoms with Crippen molar-refractivity contribution in [1.82, 2.24) is 14.6 Å². The van der Waals surface area contributed by atoms with E-state index in [4.69, 9.17) is 10.8 Å². The molecule has 7 heteroatoms. The second-order valence-corrected chi connectivity index (χ2v) is 7.51. The molecule has 142 valence electrons. The first-order valence-electron chi connectivity index (χ1n) is 9.08. The molecule has 1 saturated carbocycles. The molecule has 0 atom stereocenters. The number of hydrogen-bond acceptors (Lipinski definition) is 4. The summed E-state index contributed by atoms with van der Waals surface area (Å²) in [6.45, 7) is 0. The third-order valence-corrected chi connectivity index (χ3v) is 5.06. The number of aliphatic hydroxyl groups is 1. The molecule has 0 saturated heterocycles. The molecule has 0 aromatic carbocycles. The molecule has 3 aromatic rings. The average molecular weight is 431 g/mol. The lowest BCUT2D eigenvalue weighted by Gasteiger charge is -2.14. The summed E-state index contributed by atoms with van der Waals surface area (Å²) in [7, 11) is 0. The van der Waals surface area contributed by atoms with Crippen LogP contribution < -0.4 is 5.73 Å². The highest BCUT2D eigenvalue weighted by Crippen LogP contribution is 2.20. The second-order valence-electron chi connectivity index (χ2n) is 6.70. The van der Waals surface area contributed by atoms with Crippen LogP contribution in [0, 0.1) is 0 Å². The molecule has 1 aliphatic carbocycles. The maximum atomic E-state index is 11.5. The van der Waals surface area contributed by atoms with Crippen molar-refractivity contribution in [2.45, 2.75) is 44.6 Å². The Morgan fingerprint density at radius 1 is 1.22 bits per heavy atom. The van der Waals surface area contributed by atoms with Crippen LogP contribution in [0.15, 0.2) is 47.3 Å². The summed E-state index contributed by atoms with van der Waals surface area (Å²) in [6, 6.07) is 9.44. The Morgan fingerprint density at radius 2 is 2.00 bits per heavy atom. The molecular formula is C20H23BrN4O2. The maximum Gasteiger partial charge on any atom is 0.267 e. The number of fused-ring (bicyclic) bond motifs is 1. The van der Waals surface area contributed by atoms with Gasteiger partial charge in [-0.2, -0.15) is 5.10 Å².